The molecular weight excluding hydrogens is 308 g/mol. The molecule has 7 nitrogen and oxygen atoms in total. The average Bonchev–Trinajstić information content (AvgIpc) is 3.04. The van der Waals surface area contributed by atoms with Crippen LogP contribution in [0.2, 0.25) is 0 Å². The zero-order chi connectivity index (χ0) is 16.2. The number of hydrogen-bond acceptors (Lipinski definition) is 7. The first-order valence-corrected chi connectivity index (χ1v) is 6.63. The Bertz CT molecular complexity index is 792. The molecule has 0 aliphatic carbocycles. The van der Waals surface area contributed by atoms with Gasteiger partial charge >= 0.3 is 0 Å². The largest absolute Gasteiger partial charge is 0.472 e. The summed E-state index contributed by atoms with van der Waals surface area (Å²) in [6.07, 6.45) is 0.694. The maximum Gasteiger partial charge on any atom is 0.277 e. The number of hydrogen-bond donors (Lipinski definition) is 0. The smallest absolute Gasteiger partial charge is 0.277 e. The number of nitrogens with zero attached hydrogens (tertiary/aromatic N) is 5. The van der Waals surface area contributed by atoms with Gasteiger partial charge in [-0.3, -0.25) is 0 Å². The van der Waals surface area contributed by atoms with Gasteiger partial charge in [0.15, 0.2) is 6.61 Å². The van der Waals surface area contributed by atoms with Gasteiger partial charge in [-0.05, 0) is 18.6 Å². The molecule has 0 aromatic carbocycles. The third kappa shape index (κ3) is 3.62. The second-order valence-corrected chi connectivity index (χ2v) is 4.57. The van der Waals surface area contributed by atoms with Gasteiger partial charge in [0.25, 0.3) is 12.3 Å². The average molecular weight is 319 g/mol. The van der Waals surface area contributed by atoms with Crippen LogP contribution in [0, 0.1) is 6.92 Å². The van der Waals surface area contributed by atoms with E-state index in [1.54, 1.807) is 24.5 Å². The Morgan fingerprint density at radius 2 is 1.91 bits per heavy atom. The standard InChI is InChI=1S/C14H11F2N5O2/c1-8-5-17-12(18-6-8)13-20-14(23-21-13)9-3-2-4-11(19-9)22-7-10(15)16/h2-6,10H,7H2,1H3. The number of alkyl halides is 2. The van der Waals surface area contributed by atoms with Crippen molar-refractivity contribution < 1.29 is 18.0 Å². The first kappa shape index (κ1) is 14.9. The van der Waals surface area contributed by atoms with Gasteiger partial charge in [0.2, 0.25) is 17.5 Å². The minimum absolute atomic E-state index is 0.0501. The fourth-order valence-electron chi connectivity index (χ4n) is 1.69. The van der Waals surface area contributed by atoms with Crippen LogP contribution in [0.5, 0.6) is 5.88 Å². The van der Waals surface area contributed by atoms with E-state index < -0.39 is 13.0 Å². The molecule has 0 spiro atoms. The lowest BCUT2D eigenvalue weighted by Gasteiger charge is -2.04. The number of ether oxygens (including phenoxy) is 1. The van der Waals surface area contributed by atoms with Crippen LogP contribution in [0.3, 0.4) is 0 Å². The van der Waals surface area contributed by atoms with Crippen LogP contribution >= 0.6 is 0 Å². The molecule has 9 heteroatoms. The molecule has 0 N–H and O–H groups in total. The first-order valence-electron chi connectivity index (χ1n) is 6.63. The normalized spacial score (nSPS) is 11.0. The van der Waals surface area contributed by atoms with Gasteiger partial charge in [-0.15, -0.1) is 0 Å². The second-order valence-electron chi connectivity index (χ2n) is 4.57. The molecule has 3 aromatic rings. The summed E-state index contributed by atoms with van der Waals surface area (Å²) in [7, 11) is 0. The van der Waals surface area contributed by atoms with Crippen molar-refractivity contribution in [1.82, 2.24) is 25.1 Å². The van der Waals surface area contributed by atoms with Crippen molar-refractivity contribution in [2.24, 2.45) is 0 Å². The molecule has 0 radical (unpaired) electrons. The fraction of sp³-hybridized carbons (Fsp3) is 0.214. The van der Waals surface area contributed by atoms with Crippen molar-refractivity contribution >= 4 is 0 Å². The third-order valence-electron chi connectivity index (χ3n) is 2.71. The minimum atomic E-state index is -2.57. The molecular formula is C14H11F2N5O2. The lowest BCUT2D eigenvalue weighted by atomic mass is 10.3. The quantitative estimate of drug-likeness (QED) is 0.714. The van der Waals surface area contributed by atoms with E-state index in [9.17, 15) is 8.78 Å². The highest BCUT2D eigenvalue weighted by atomic mass is 19.3. The van der Waals surface area contributed by atoms with Gasteiger partial charge in [-0.1, -0.05) is 11.2 Å². The second kappa shape index (κ2) is 6.42. The Kier molecular flexibility index (Phi) is 4.18. The maximum absolute atomic E-state index is 12.2. The van der Waals surface area contributed by atoms with E-state index in [4.69, 9.17) is 9.26 Å². The summed E-state index contributed by atoms with van der Waals surface area (Å²) in [6, 6.07) is 4.66. The Balaban J connectivity index is 1.82. The monoisotopic (exact) mass is 319 g/mol. The number of rotatable bonds is 5. The number of aromatic nitrogens is 5. The van der Waals surface area contributed by atoms with Crippen LogP contribution in [-0.4, -0.2) is 38.1 Å². The Morgan fingerprint density at radius 3 is 2.65 bits per heavy atom. The third-order valence-corrected chi connectivity index (χ3v) is 2.71. The van der Waals surface area contributed by atoms with Crippen LogP contribution in [0.4, 0.5) is 8.78 Å². The van der Waals surface area contributed by atoms with E-state index in [-0.39, 0.29) is 17.6 Å². The molecule has 23 heavy (non-hydrogen) atoms. The number of pyridine rings is 1. The predicted octanol–water partition coefficient (Wildman–Crippen LogP) is 2.54. The van der Waals surface area contributed by atoms with Crippen LogP contribution in [0.25, 0.3) is 23.2 Å². The van der Waals surface area contributed by atoms with Gasteiger partial charge in [0.1, 0.15) is 5.69 Å². The molecule has 0 aliphatic heterocycles. The Labute approximate surface area is 129 Å². The van der Waals surface area contributed by atoms with E-state index in [0.29, 0.717) is 11.5 Å². The molecule has 0 amide bonds. The minimum Gasteiger partial charge on any atom is -0.472 e. The van der Waals surface area contributed by atoms with E-state index in [1.165, 1.54) is 6.07 Å². The maximum atomic E-state index is 12.2. The summed E-state index contributed by atoms with van der Waals surface area (Å²) in [4.78, 5) is 16.4. The van der Waals surface area contributed by atoms with E-state index in [0.717, 1.165) is 5.56 Å². The summed E-state index contributed by atoms with van der Waals surface area (Å²) in [5, 5.41) is 3.78. The van der Waals surface area contributed by atoms with Crippen molar-refractivity contribution in [3.8, 4) is 29.1 Å². The highest BCUT2D eigenvalue weighted by molar-refractivity contribution is 5.52. The lowest BCUT2D eigenvalue weighted by Crippen LogP contribution is -2.08. The van der Waals surface area contributed by atoms with Crippen LogP contribution < -0.4 is 4.74 Å². The zero-order valence-corrected chi connectivity index (χ0v) is 12.0. The Morgan fingerprint density at radius 1 is 1.13 bits per heavy atom. The van der Waals surface area contributed by atoms with Crippen molar-refractivity contribution in [3.63, 3.8) is 0 Å². The van der Waals surface area contributed by atoms with Crippen molar-refractivity contribution in [1.29, 1.82) is 0 Å². The topological polar surface area (TPSA) is 86.8 Å². The summed E-state index contributed by atoms with van der Waals surface area (Å²) >= 11 is 0. The zero-order valence-electron chi connectivity index (χ0n) is 12.0. The predicted molar refractivity (Wildman–Crippen MR) is 74.8 cm³/mol. The summed E-state index contributed by atoms with van der Waals surface area (Å²) in [6.45, 7) is 1.13. The molecule has 0 unspecified atom stereocenters. The van der Waals surface area contributed by atoms with Gasteiger partial charge in [-0.25, -0.2) is 23.7 Å². The van der Waals surface area contributed by atoms with Crippen LogP contribution in [0.1, 0.15) is 5.56 Å². The van der Waals surface area contributed by atoms with Crippen molar-refractivity contribution in [2.45, 2.75) is 13.3 Å². The molecule has 0 saturated heterocycles. The van der Waals surface area contributed by atoms with Gasteiger partial charge in [0.05, 0.1) is 0 Å². The van der Waals surface area contributed by atoms with E-state index in [1.807, 2.05) is 6.92 Å². The lowest BCUT2D eigenvalue weighted by molar-refractivity contribution is 0.0796. The molecule has 0 bridgehead atoms. The number of halogens is 2. The summed E-state index contributed by atoms with van der Waals surface area (Å²) < 4.78 is 34.3. The molecule has 0 aliphatic rings. The highest BCUT2D eigenvalue weighted by Crippen LogP contribution is 2.20. The van der Waals surface area contributed by atoms with Crippen molar-refractivity contribution in [2.75, 3.05) is 6.61 Å². The first-order chi connectivity index (χ1) is 11.1. The Hall–Kier alpha value is -2.97. The molecule has 3 heterocycles. The fourth-order valence-corrected chi connectivity index (χ4v) is 1.69. The molecule has 0 fully saturated rings. The number of aryl methyl sites for hydroxylation is 1. The molecule has 0 saturated carbocycles. The SMILES string of the molecule is Cc1cnc(-c2noc(-c3cccc(OCC(F)F)n3)n2)nc1. The van der Waals surface area contributed by atoms with Gasteiger partial charge in [0, 0.05) is 18.5 Å². The van der Waals surface area contributed by atoms with Gasteiger partial charge < -0.3 is 9.26 Å². The molecule has 118 valence electrons. The van der Waals surface area contributed by atoms with Crippen molar-refractivity contribution in [3.05, 3.63) is 36.2 Å². The van der Waals surface area contributed by atoms with Crippen LogP contribution in [-0.2, 0) is 0 Å². The summed E-state index contributed by atoms with van der Waals surface area (Å²) in [5.41, 5.74) is 1.21. The van der Waals surface area contributed by atoms with E-state index in [2.05, 4.69) is 25.1 Å². The molecule has 3 aromatic heterocycles. The highest BCUT2D eigenvalue weighted by Gasteiger charge is 2.14. The summed E-state index contributed by atoms with van der Waals surface area (Å²) in [5.74, 6) is 0.692. The van der Waals surface area contributed by atoms with E-state index >= 15 is 0 Å². The van der Waals surface area contributed by atoms with Gasteiger partial charge in [-0.2, -0.15) is 4.98 Å². The molecule has 0 atom stereocenters. The molecule has 3 rings (SSSR count). The van der Waals surface area contributed by atoms with Crippen LogP contribution in [0.15, 0.2) is 35.1 Å².